The largest absolute Gasteiger partial charge is 0.379 e. The van der Waals surface area contributed by atoms with Crippen LogP contribution in [0, 0.1) is 0 Å². The maximum atomic E-state index is 13.4. The first-order valence-corrected chi connectivity index (χ1v) is 13.4. The van der Waals surface area contributed by atoms with E-state index in [1.54, 1.807) is 11.3 Å². The fourth-order valence-corrected chi connectivity index (χ4v) is 5.50. The molecule has 36 heavy (non-hydrogen) atoms. The Morgan fingerprint density at radius 1 is 0.972 bits per heavy atom. The number of ether oxygens (including phenoxy) is 1. The van der Waals surface area contributed by atoms with Crippen molar-refractivity contribution in [3.63, 3.8) is 0 Å². The van der Waals surface area contributed by atoms with Gasteiger partial charge < -0.3 is 20.3 Å². The summed E-state index contributed by atoms with van der Waals surface area (Å²) in [6.07, 6.45) is 1.26. The van der Waals surface area contributed by atoms with Crippen LogP contribution in [0.2, 0.25) is 0 Å². The fourth-order valence-electron chi connectivity index (χ4n) is 4.80. The molecule has 188 valence electrons. The summed E-state index contributed by atoms with van der Waals surface area (Å²) in [6.45, 7) is 6.21. The van der Waals surface area contributed by atoms with Crippen molar-refractivity contribution in [3.8, 4) is 0 Å². The Bertz CT molecular complexity index is 1190. The number of carbonyl (C=O) groups excluding carboxylic acids is 2. The number of nitrogens with zero attached hydrogens (tertiary/aromatic N) is 2. The van der Waals surface area contributed by atoms with Crippen molar-refractivity contribution in [1.29, 1.82) is 0 Å². The van der Waals surface area contributed by atoms with Crippen LogP contribution in [-0.4, -0.2) is 62.7 Å². The normalized spacial score (nSPS) is 15.8. The van der Waals surface area contributed by atoms with Gasteiger partial charge in [0.25, 0.3) is 5.91 Å². The molecule has 0 radical (unpaired) electrons. The summed E-state index contributed by atoms with van der Waals surface area (Å²) < 4.78 is 5.41. The minimum atomic E-state index is -0.119. The number of amides is 2. The van der Waals surface area contributed by atoms with Crippen LogP contribution in [0.3, 0.4) is 0 Å². The molecule has 8 heteroatoms. The van der Waals surface area contributed by atoms with Gasteiger partial charge in [-0.25, -0.2) is 0 Å². The van der Waals surface area contributed by atoms with Crippen LogP contribution in [0.5, 0.6) is 0 Å². The van der Waals surface area contributed by atoms with E-state index < -0.39 is 0 Å². The van der Waals surface area contributed by atoms with Crippen LogP contribution < -0.4 is 15.5 Å². The lowest BCUT2D eigenvalue weighted by molar-refractivity contribution is -0.115. The highest BCUT2D eigenvalue weighted by Crippen LogP contribution is 2.29. The van der Waals surface area contributed by atoms with Gasteiger partial charge in [0.2, 0.25) is 5.91 Å². The summed E-state index contributed by atoms with van der Waals surface area (Å²) in [7, 11) is 0. The summed E-state index contributed by atoms with van der Waals surface area (Å²) >= 11 is 1.56. The molecular formula is C28H32N4O3S. The van der Waals surface area contributed by atoms with Crippen LogP contribution in [-0.2, 0) is 28.9 Å². The van der Waals surface area contributed by atoms with E-state index in [1.807, 2.05) is 35.7 Å². The summed E-state index contributed by atoms with van der Waals surface area (Å²) in [5, 5.41) is 8.04. The zero-order valence-electron chi connectivity index (χ0n) is 20.4. The summed E-state index contributed by atoms with van der Waals surface area (Å²) in [4.78, 5) is 31.6. The highest BCUT2D eigenvalue weighted by atomic mass is 32.1. The van der Waals surface area contributed by atoms with E-state index in [-0.39, 0.29) is 11.8 Å². The molecule has 7 nitrogen and oxygen atoms in total. The summed E-state index contributed by atoms with van der Waals surface area (Å²) in [5.41, 5.74) is 4.77. The van der Waals surface area contributed by atoms with Crippen molar-refractivity contribution >= 4 is 34.5 Å². The van der Waals surface area contributed by atoms with Gasteiger partial charge in [0.1, 0.15) is 0 Å². The number of nitrogens with one attached hydrogen (secondary N) is 2. The van der Waals surface area contributed by atoms with Gasteiger partial charge in [0, 0.05) is 55.5 Å². The van der Waals surface area contributed by atoms with Crippen LogP contribution in [0.25, 0.3) is 0 Å². The monoisotopic (exact) mass is 504 g/mol. The summed E-state index contributed by atoms with van der Waals surface area (Å²) in [6, 6.07) is 18.0. The molecule has 0 saturated carbocycles. The molecule has 2 amide bonds. The Morgan fingerprint density at radius 3 is 2.61 bits per heavy atom. The standard InChI is InChI=1S/C28H32N4O3S/c33-27(19-24-6-3-17-36-24)30-23-7-8-26(32-11-9-21-4-1-2-5-22(21)20-32)25(18-23)28(34)29-10-12-31-13-15-35-16-14-31/h1-8,17-18H,9-16,19-20H2,(H,29,34)(H,30,33). The first-order valence-electron chi connectivity index (χ1n) is 12.5. The lowest BCUT2D eigenvalue weighted by Crippen LogP contribution is -2.41. The number of anilines is 2. The van der Waals surface area contributed by atoms with Crippen LogP contribution in [0.4, 0.5) is 11.4 Å². The van der Waals surface area contributed by atoms with Crippen molar-refractivity contribution in [2.75, 3.05) is 56.2 Å². The van der Waals surface area contributed by atoms with Crippen molar-refractivity contribution in [3.05, 3.63) is 81.5 Å². The minimum absolute atomic E-state index is 0.0872. The van der Waals surface area contributed by atoms with Gasteiger partial charge in [-0.1, -0.05) is 30.3 Å². The molecule has 0 atom stereocenters. The lowest BCUT2D eigenvalue weighted by Gasteiger charge is -2.32. The molecule has 2 aliphatic heterocycles. The molecule has 2 aromatic carbocycles. The van der Waals surface area contributed by atoms with E-state index in [0.717, 1.165) is 62.9 Å². The Hall–Kier alpha value is -3.20. The van der Waals surface area contributed by atoms with Gasteiger partial charge in [-0.05, 0) is 47.2 Å². The van der Waals surface area contributed by atoms with E-state index in [0.29, 0.717) is 24.2 Å². The lowest BCUT2D eigenvalue weighted by atomic mass is 9.98. The Balaban J connectivity index is 1.32. The second kappa shape index (κ2) is 11.7. The van der Waals surface area contributed by atoms with Crippen molar-refractivity contribution in [2.24, 2.45) is 0 Å². The number of carbonyl (C=O) groups is 2. The molecule has 3 aromatic rings. The van der Waals surface area contributed by atoms with Gasteiger partial charge in [-0.2, -0.15) is 0 Å². The van der Waals surface area contributed by atoms with Gasteiger partial charge in [0.05, 0.1) is 25.2 Å². The predicted molar refractivity (Wildman–Crippen MR) is 144 cm³/mol. The molecule has 0 spiro atoms. The quantitative estimate of drug-likeness (QED) is 0.491. The molecule has 0 unspecified atom stereocenters. The third-order valence-electron chi connectivity index (χ3n) is 6.73. The van der Waals surface area contributed by atoms with Gasteiger partial charge >= 0.3 is 0 Å². The number of thiophene rings is 1. The molecule has 2 aliphatic rings. The maximum absolute atomic E-state index is 13.4. The molecule has 0 aliphatic carbocycles. The molecule has 0 bridgehead atoms. The van der Waals surface area contributed by atoms with Crippen molar-refractivity contribution in [1.82, 2.24) is 10.2 Å². The number of rotatable bonds is 8. The summed E-state index contributed by atoms with van der Waals surface area (Å²) in [5.74, 6) is -0.206. The molecule has 3 heterocycles. The second-order valence-electron chi connectivity index (χ2n) is 9.19. The number of hydrogen-bond acceptors (Lipinski definition) is 6. The zero-order chi connectivity index (χ0) is 24.7. The van der Waals surface area contributed by atoms with E-state index in [2.05, 4.69) is 44.7 Å². The topological polar surface area (TPSA) is 73.9 Å². The Morgan fingerprint density at radius 2 is 1.81 bits per heavy atom. The Kier molecular flexibility index (Phi) is 7.95. The molecule has 1 aromatic heterocycles. The maximum Gasteiger partial charge on any atom is 0.253 e. The number of fused-ring (bicyclic) bond motifs is 1. The van der Waals surface area contributed by atoms with Gasteiger partial charge in [-0.15, -0.1) is 11.3 Å². The van der Waals surface area contributed by atoms with Gasteiger partial charge in [0.15, 0.2) is 0 Å². The molecule has 5 rings (SSSR count). The van der Waals surface area contributed by atoms with E-state index >= 15 is 0 Å². The zero-order valence-corrected chi connectivity index (χ0v) is 21.2. The third kappa shape index (κ3) is 6.13. The first-order chi connectivity index (χ1) is 17.7. The minimum Gasteiger partial charge on any atom is -0.379 e. The highest BCUT2D eigenvalue weighted by Gasteiger charge is 2.22. The second-order valence-corrected chi connectivity index (χ2v) is 10.2. The predicted octanol–water partition coefficient (Wildman–Crippen LogP) is 3.55. The fraction of sp³-hybridized carbons (Fsp3) is 0.357. The highest BCUT2D eigenvalue weighted by molar-refractivity contribution is 7.10. The molecule has 1 fully saturated rings. The van der Waals surface area contributed by atoms with Crippen LogP contribution in [0.1, 0.15) is 26.4 Å². The third-order valence-corrected chi connectivity index (χ3v) is 7.60. The van der Waals surface area contributed by atoms with Crippen LogP contribution >= 0.6 is 11.3 Å². The smallest absolute Gasteiger partial charge is 0.253 e. The van der Waals surface area contributed by atoms with E-state index in [9.17, 15) is 9.59 Å². The SMILES string of the molecule is O=C(Cc1cccs1)Nc1ccc(N2CCc3ccccc3C2)c(C(=O)NCCN2CCOCC2)c1. The average Bonchev–Trinajstić information content (AvgIpc) is 3.42. The molecular weight excluding hydrogens is 472 g/mol. The van der Waals surface area contributed by atoms with Crippen molar-refractivity contribution in [2.45, 2.75) is 19.4 Å². The molecule has 2 N–H and O–H groups in total. The number of benzene rings is 2. The van der Waals surface area contributed by atoms with Crippen LogP contribution in [0.15, 0.2) is 60.0 Å². The average molecular weight is 505 g/mol. The number of morpholine rings is 1. The first kappa shape index (κ1) is 24.5. The number of hydrogen-bond donors (Lipinski definition) is 2. The van der Waals surface area contributed by atoms with E-state index in [4.69, 9.17) is 4.74 Å². The molecule has 1 saturated heterocycles. The van der Waals surface area contributed by atoms with E-state index in [1.165, 1.54) is 11.1 Å². The Labute approximate surface area is 216 Å². The van der Waals surface area contributed by atoms with Crippen molar-refractivity contribution < 1.29 is 14.3 Å². The van der Waals surface area contributed by atoms with Gasteiger partial charge in [-0.3, -0.25) is 14.5 Å².